The third kappa shape index (κ3) is 5.75. The number of halogens is 2. The van der Waals surface area contributed by atoms with Crippen LogP contribution in [0.25, 0.3) is 0 Å². The summed E-state index contributed by atoms with van der Waals surface area (Å²) < 4.78 is 0. The second kappa shape index (κ2) is 9.60. The van der Waals surface area contributed by atoms with Gasteiger partial charge in [0, 0.05) is 5.69 Å². The summed E-state index contributed by atoms with van der Waals surface area (Å²) in [5.41, 5.74) is 2.09. The Morgan fingerprint density at radius 1 is 1.08 bits per heavy atom. The second-order valence-electron chi connectivity index (χ2n) is 6.42. The summed E-state index contributed by atoms with van der Waals surface area (Å²) in [5.74, 6) is 0.0524. The molecule has 2 rings (SSSR count). The quantitative estimate of drug-likeness (QED) is 0.671. The number of hydrogen-bond acceptors (Lipinski definition) is 3. The highest BCUT2D eigenvalue weighted by Crippen LogP contribution is 2.33. The number of anilines is 2. The molecule has 1 amide bonds. The predicted molar refractivity (Wildman–Crippen MR) is 107 cm³/mol. The maximum absolute atomic E-state index is 12.3. The molecule has 6 heteroatoms. The monoisotopic (exact) mass is 391 g/mol. The number of carbonyl (C=O) groups is 1. The summed E-state index contributed by atoms with van der Waals surface area (Å²) in [6, 6.07) is 12.0. The highest BCUT2D eigenvalue weighted by Gasteiger charge is 2.16. The van der Waals surface area contributed by atoms with Gasteiger partial charge >= 0.3 is 0 Å². The molecule has 0 aliphatic carbocycles. The Bertz CT molecular complexity index is 758. The van der Waals surface area contributed by atoms with Crippen LogP contribution in [0.2, 0.25) is 10.0 Å². The Morgan fingerprint density at radius 3 is 2.35 bits per heavy atom. The fourth-order valence-electron chi connectivity index (χ4n) is 2.57. The van der Waals surface area contributed by atoms with Crippen LogP contribution >= 0.6 is 23.2 Å². The van der Waals surface area contributed by atoms with Gasteiger partial charge in [0.15, 0.2) is 0 Å². The first-order valence-electron chi connectivity index (χ1n) is 8.36. The molecule has 0 fully saturated rings. The highest BCUT2D eigenvalue weighted by atomic mass is 35.5. The molecular weight excluding hydrogens is 371 g/mol. The van der Waals surface area contributed by atoms with Gasteiger partial charge in [-0.1, -0.05) is 61.3 Å². The topological polar surface area (TPSA) is 58.2 Å². The third-order valence-corrected chi connectivity index (χ3v) is 4.41. The zero-order valence-electron chi connectivity index (χ0n) is 14.7. The van der Waals surface area contributed by atoms with Crippen molar-refractivity contribution in [3.05, 3.63) is 58.1 Å². The molecule has 2 N–H and O–H groups in total. The molecule has 4 nitrogen and oxygen atoms in total. The van der Waals surface area contributed by atoms with Gasteiger partial charge in [0.2, 0.25) is 12.2 Å². The van der Waals surface area contributed by atoms with Crippen molar-refractivity contribution < 1.29 is 9.59 Å². The summed E-state index contributed by atoms with van der Waals surface area (Å²) in [4.78, 5) is 23.4. The van der Waals surface area contributed by atoms with Crippen molar-refractivity contribution in [3.8, 4) is 0 Å². The molecule has 137 valence electrons. The Balaban J connectivity index is 2.14. The standard InChI is InChI=1S/C20H21Cl2N2O2/c1-13(2)10-15(12-25)23-19(26)11-14-6-3-4-9-18(14)24-20-16(21)7-5-8-17(20)22/h3-9,13,15,24H,10-11H2,1-2H3,(H,23,26)/t15-/m0/s1. The van der Waals surface area contributed by atoms with Crippen molar-refractivity contribution in [2.24, 2.45) is 5.92 Å². The molecular formula is C20H21Cl2N2O2. The number of amides is 1. The van der Waals surface area contributed by atoms with Crippen LogP contribution in [0.4, 0.5) is 11.4 Å². The van der Waals surface area contributed by atoms with Crippen molar-refractivity contribution >= 4 is 46.8 Å². The molecule has 26 heavy (non-hydrogen) atoms. The van der Waals surface area contributed by atoms with Gasteiger partial charge in [0.1, 0.15) is 0 Å². The molecule has 0 aliphatic heterocycles. The number of para-hydroxylation sites is 2. The van der Waals surface area contributed by atoms with Crippen LogP contribution in [-0.4, -0.2) is 18.2 Å². The van der Waals surface area contributed by atoms with Crippen LogP contribution in [0.15, 0.2) is 42.5 Å². The molecule has 1 radical (unpaired) electrons. The molecule has 1 atom stereocenters. The van der Waals surface area contributed by atoms with Crippen LogP contribution in [0, 0.1) is 5.92 Å². The summed E-state index contributed by atoms with van der Waals surface area (Å²) in [7, 11) is 0. The normalized spacial score (nSPS) is 11.9. The van der Waals surface area contributed by atoms with Gasteiger partial charge in [-0.2, -0.15) is 0 Å². The Morgan fingerprint density at radius 2 is 1.73 bits per heavy atom. The van der Waals surface area contributed by atoms with E-state index in [1.165, 1.54) is 0 Å². The lowest BCUT2D eigenvalue weighted by molar-refractivity contribution is -0.120. The summed E-state index contributed by atoms with van der Waals surface area (Å²) in [6.07, 6.45) is 2.57. The zero-order valence-corrected chi connectivity index (χ0v) is 16.2. The number of benzene rings is 2. The van der Waals surface area contributed by atoms with E-state index in [1.807, 2.05) is 44.4 Å². The van der Waals surface area contributed by atoms with Gasteiger partial charge < -0.3 is 10.6 Å². The van der Waals surface area contributed by atoms with Crippen molar-refractivity contribution in [2.75, 3.05) is 5.32 Å². The van der Waals surface area contributed by atoms with Crippen LogP contribution in [0.3, 0.4) is 0 Å². The first-order valence-corrected chi connectivity index (χ1v) is 9.12. The van der Waals surface area contributed by atoms with Gasteiger partial charge in [-0.3, -0.25) is 9.59 Å². The lowest BCUT2D eigenvalue weighted by Crippen LogP contribution is -2.37. The van der Waals surface area contributed by atoms with Crippen molar-refractivity contribution in [1.29, 1.82) is 0 Å². The molecule has 0 saturated heterocycles. The minimum atomic E-state index is -0.597. The zero-order chi connectivity index (χ0) is 19.1. The molecule has 0 heterocycles. The summed E-state index contributed by atoms with van der Waals surface area (Å²) in [6.45, 7) is 3.98. The Kier molecular flexibility index (Phi) is 7.49. The van der Waals surface area contributed by atoms with Crippen LogP contribution < -0.4 is 10.6 Å². The van der Waals surface area contributed by atoms with Crippen molar-refractivity contribution in [2.45, 2.75) is 32.7 Å². The molecule has 2 aromatic carbocycles. The lowest BCUT2D eigenvalue weighted by atomic mass is 10.0. The Hall–Kier alpha value is -2.04. The van der Waals surface area contributed by atoms with Gasteiger partial charge in [0.05, 0.1) is 28.2 Å². The highest BCUT2D eigenvalue weighted by molar-refractivity contribution is 6.39. The average molecular weight is 392 g/mol. The number of carbonyl (C=O) groups excluding carboxylic acids is 2. The molecule has 0 unspecified atom stereocenters. The molecule has 0 spiro atoms. The molecule has 0 aromatic heterocycles. The minimum Gasteiger partial charge on any atom is -0.353 e. The number of hydrogen-bond donors (Lipinski definition) is 2. The molecule has 0 bridgehead atoms. The Labute approximate surface area is 163 Å². The SMILES string of the molecule is CC(C)C[C@@H]([C]=O)NC(=O)Cc1ccccc1Nc1c(Cl)cccc1Cl. The van der Waals surface area contributed by atoms with E-state index in [4.69, 9.17) is 23.2 Å². The first-order chi connectivity index (χ1) is 12.4. The predicted octanol–water partition coefficient (Wildman–Crippen LogP) is 4.92. The van der Waals surface area contributed by atoms with E-state index in [2.05, 4.69) is 10.6 Å². The summed E-state index contributed by atoms with van der Waals surface area (Å²) in [5, 5.41) is 6.89. The number of rotatable bonds is 8. The van der Waals surface area contributed by atoms with Gasteiger partial charge in [0.25, 0.3) is 0 Å². The third-order valence-electron chi connectivity index (χ3n) is 3.78. The smallest absolute Gasteiger partial charge is 0.225 e. The lowest BCUT2D eigenvalue weighted by Gasteiger charge is -2.16. The van der Waals surface area contributed by atoms with E-state index in [-0.39, 0.29) is 18.2 Å². The first kappa shape index (κ1) is 20.3. The fourth-order valence-corrected chi connectivity index (χ4v) is 3.07. The van der Waals surface area contributed by atoms with E-state index < -0.39 is 6.04 Å². The van der Waals surface area contributed by atoms with E-state index in [0.717, 1.165) is 11.3 Å². The largest absolute Gasteiger partial charge is 0.353 e. The van der Waals surface area contributed by atoms with Crippen LogP contribution in [0.5, 0.6) is 0 Å². The number of nitrogens with one attached hydrogen (secondary N) is 2. The maximum Gasteiger partial charge on any atom is 0.225 e. The minimum absolute atomic E-state index is 0.127. The second-order valence-corrected chi connectivity index (χ2v) is 7.24. The molecule has 0 saturated carbocycles. The van der Waals surface area contributed by atoms with Crippen LogP contribution in [-0.2, 0) is 16.0 Å². The molecule has 2 aromatic rings. The summed E-state index contributed by atoms with van der Waals surface area (Å²) >= 11 is 12.4. The van der Waals surface area contributed by atoms with Crippen LogP contribution in [0.1, 0.15) is 25.8 Å². The van der Waals surface area contributed by atoms with Gasteiger partial charge in [-0.05, 0) is 36.1 Å². The van der Waals surface area contributed by atoms with E-state index >= 15 is 0 Å². The van der Waals surface area contributed by atoms with E-state index in [1.54, 1.807) is 18.2 Å². The molecule has 0 aliphatic rings. The van der Waals surface area contributed by atoms with E-state index in [9.17, 15) is 9.59 Å². The van der Waals surface area contributed by atoms with Gasteiger partial charge in [-0.25, -0.2) is 0 Å². The fraction of sp³-hybridized carbons (Fsp3) is 0.300. The van der Waals surface area contributed by atoms with Gasteiger partial charge in [-0.15, -0.1) is 0 Å². The van der Waals surface area contributed by atoms with E-state index in [0.29, 0.717) is 22.2 Å². The average Bonchev–Trinajstić information content (AvgIpc) is 2.58. The van der Waals surface area contributed by atoms with Crippen molar-refractivity contribution in [3.63, 3.8) is 0 Å². The van der Waals surface area contributed by atoms with Crippen molar-refractivity contribution in [1.82, 2.24) is 5.32 Å². The maximum atomic E-state index is 12.3.